The van der Waals surface area contributed by atoms with Crippen LogP contribution in [0, 0.1) is 6.07 Å². The number of hydrogen-bond donors (Lipinski definition) is 0. The average molecular weight is 247 g/mol. The van der Waals surface area contributed by atoms with E-state index >= 15 is 0 Å². The van der Waals surface area contributed by atoms with Crippen molar-refractivity contribution in [2.24, 2.45) is 0 Å². The van der Waals surface area contributed by atoms with Crippen LogP contribution >= 0.6 is 0 Å². The molecule has 1 aliphatic heterocycles. The van der Waals surface area contributed by atoms with E-state index in [9.17, 15) is 0 Å². The number of benzene rings is 1. The van der Waals surface area contributed by atoms with E-state index in [2.05, 4.69) is 22.9 Å². The third-order valence-electron chi connectivity index (χ3n) is 3.41. The quantitative estimate of drug-likeness (QED) is 0.714. The van der Waals surface area contributed by atoms with Crippen LogP contribution in [0.1, 0.15) is 12.8 Å². The molecule has 1 aromatic carbocycles. The Hall–Kier alpha value is -1.06. The molecule has 0 aliphatic carbocycles. The van der Waals surface area contributed by atoms with Crippen LogP contribution in [0.5, 0.6) is 5.75 Å². The summed E-state index contributed by atoms with van der Waals surface area (Å²) in [5, 5.41) is 0. The van der Waals surface area contributed by atoms with E-state index in [1.165, 1.54) is 39.1 Å². The lowest BCUT2D eigenvalue weighted by Crippen LogP contribution is -2.44. The largest absolute Gasteiger partial charge is 0.494 e. The van der Waals surface area contributed by atoms with E-state index in [0.717, 1.165) is 18.8 Å². The maximum Gasteiger partial charge on any atom is 0.119 e. The first kappa shape index (κ1) is 13.4. The number of unbranched alkanes of at least 4 members (excludes halogenated alkanes) is 1. The molecule has 0 spiro atoms. The Morgan fingerprint density at radius 3 is 2.78 bits per heavy atom. The molecule has 1 fully saturated rings. The van der Waals surface area contributed by atoms with Gasteiger partial charge in [-0.3, -0.25) is 0 Å². The molecular weight excluding hydrogens is 224 g/mol. The molecule has 0 saturated carbocycles. The van der Waals surface area contributed by atoms with Crippen LogP contribution in [0.25, 0.3) is 0 Å². The Bertz CT molecular complexity index is 321. The zero-order chi connectivity index (χ0) is 12.6. The fourth-order valence-corrected chi connectivity index (χ4v) is 2.17. The summed E-state index contributed by atoms with van der Waals surface area (Å²) in [6.07, 6.45) is 2.35. The first-order valence-corrected chi connectivity index (χ1v) is 6.84. The molecule has 1 saturated heterocycles. The van der Waals surface area contributed by atoms with Crippen molar-refractivity contribution in [3.8, 4) is 5.75 Å². The summed E-state index contributed by atoms with van der Waals surface area (Å²) in [4.78, 5) is 4.95. The Morgan fingerprint density at radius 2 is 2.06 bits per heavy atom. The zero-order valence-electron chi connectivity index (χ0n) is 11.3. The number of likely N-dealkylation sites (N-methyl/N-ethyl adjacent to an activating group) is 1. The molecule has 0 unspecified atom stereocenters. The Balaban J connectivity index is 1.51. The number of piperazine rings is 1. The molecule has 1 aliphatic rings. The van der Waals surface area contributed by atoms with Gasteiger partial charge >= 0.3 is 0 Å². The van der Waals surface area contributed by atoms with Crippen LogP contribution in [0.4, 0.5) is 0 Å². The third kappa shape index (κ3) is 4.67. The second-order valence-corrected chi connectivity index (χ2v) is 4.94. The molecule has 2 rings (SSSR count). The van der Waals surface area contributed by atoms with Crippen LogP contribution in [-0.4, -0.2) is 56.2 Å². The van der Waals surface area contributed by atoms with Gasteiger partial charge in [-0.2, -0.15) is 0 Å². The predicted octanol–water partition coefficient (Wildman–Crippen LogP) is 1.89. The number of ether oxygens (including phenoxy) is 1. The summed E-state index contributed by atoms with van der Waals surface area (Å²) in [7, 11) is 2.20. The first-order valence-electron chi connectivity index (χ1n) is 6.84. The molecule has 0 amide bonds. The summed E-state index contributed by atoms with van der Waals surface area (Å²) in [6.45, 7) is 6.85. The highest BCUT2D eigenvalue weighted by atomic mass is 16.5. The molecule has 3 nitrogen and oxygen atoms in total. The first-order chi connectivity index (χ1) is 8.84. The highest BCUT2D eigenvalue weighted by molar-refractivity contribution is 5.19. The van der Waals surface area contributed by atoms with Crippen molar-refractivity contribution in [1.82, 2.24) is 9.80 Å². The SMILES string of the molecule is CN1CCN(CCCCOc2c[c]ccc2)CC1. The highest BCUT2D eigenvalue weighted by Crippen LogP contribution is 2.08. The lowest BCUT2D eigenvalue weighted by Gasteiger charge is -2.32. The van der Waals surface area contributed by atoms with Gasteiger partial charge in [0.1, 0.15) is 5.75 Å². The van der Waals surface area contributed by atoms with Gasteiger partial charge in [-0.15, -0.1) is 0 Å². The fraction of sp³-hybridized carbons (Fsp3) is 0.600. The van der Waals surface area contributed by atoms with Gasteiger partial charge in [-0.25, -0.2) is 0 Å². The minimum absolute atomic E-state index is 0.811. The second kappa shape index (κ2) is 7.39. The van der Waals surface area contributed by atoms with E-state index < -0.39 is 0 Å². The molecule has 0 atom stereocenters. The molecule has 0 N–H and O–H groups in total. The summed E-state index contributed by atoms with van der Waals surface area (Å²) in [6, 6.07) is 10.7. The Kier molecular flexibility index (Phi) is 5.49. The van der Waals surface area contributed by atoms with Gasteiger partial charge in [0.25, 0.3) is 0 Å². The van der Waals surface area contributed by atoms with E-state index in [0.29, 0.717) is 0 Å². The van der Waals surface area contributed by atoms with Crippen LogP contribution in [0.3, 0.4) is 0 Å². The fourth-order valence-electron chi connectivity index (χ4n) is 2.17. The average Bonchev–Trinajstić information content (AvgIpc) is 2.42. The molecule has 0 aromatic heterocycles. The van der Waals surface area contributed by atoms with Gasteiger partial charge in [0.05, 0.1) is 6.61 Å². The van der Waals surface area contributed by atoms with Crippen molar-refractivity contribution in [2.75, 3.05) is 46.4 Å². The minimum Gasteiger partial charge on any atom is -0.494 e. The van der Waals surface area contributed by atoms with Gasteiger partial charge in [-0.05, 0) is 44.6 Å². The van der Waals surface area contributed by atoms with Crippen molar-refractivity contribution < 1.29 is 4.74 Å². The van der Waals surface area contributed by atoms with E-state index in [4.69, 9.17) is 4.74 Å². The van der Waals surface area contributed by atoms with Crippen LogP contribution in [0.15, 0.2) is 24.3 Å². The lowest BCUT2D eigenvalue weighted by atomic mass is 10.2. The van der Waals surface area contributed by atoms with Crippen LogP contribution in [-0.2, 0) is 0 Å². The van der Waals surface area contributed by atoms with Gasteiger partial charge < -0.3 is 14.5 Å². The van der Waals surface area contributed by atoms with Crippen LogP contribution < -0.4 is 4.74 Å². The van der Waals surface area contributed by atoms with Crippen molar-refractivity contribution in [1.29, 1.82) is 0 Å². The molecule has 1 aromatic rings. The third-order valence-corrected chi connectivity index (χ3v) is 3.41. The molecule has 3 heteroatoms. The van der Waals surface area contributed by atoms with Gasteiger partial charge in [-0.1, -0.05) is 12.1 Å². The zero-order valence-corrected chi connectivity index (χ0v) is 11.3. The second-order valence-electron chi connectivity index (χ2n) is 4.94. The normalized spacial score (nSPS) is 17.8. The molecular formula is C15H23N2O. The van der Waals surface area contributed by atoms with E-state index in [1.54, 1.807) is 0 Å². The van der Waals surface area contributed by atoms with Crippen molar-refractivity contribution in [3.63, 3.8) is 0 Å². The van der Waals surface area contributed by atoms with E-state index in [-0.39, 0.29) is 0 Å². The number of nitrogens with zero attached hydrogens (tertiary/aromatic N) is 2. The Morgan fingerprint density at radius 1 is 1.22 bits per heavy atom. The molecule has 1 radical (unpaired) electrons. The minimum atomic E-state index is 0.811. The standard InChI is InChI=1S/C15H23N2O/c1-16-10-12-17(13-11-16)9-5-6-14-18-15-7-3-2-4-8-15/h2-3,7-8H,5-6,9-14H2,1H3. The van der Waals surface area contributed by atoms with Gasteiger partial charge in [0.15, 0.2) is 0 Å². The van der Waals surface area contributed by atoms with Crippen molar-refractivity contribution in [2.45, 2.75) is 12.8 Å². The Labute approximate surface area is 110 Å². The van der Waals surface area contributed by atoms with Crippen molar-refractivity contribution in [3.05, 3.63) is 30.3 Å². The highest BCUT2D eigenvalue weighted by Gasteiger charge is 2.12. The van der Waals surface area contributed by atoms with Crippen molar-refractivity contribution >= 4 is 0 Å². The number of hydrogen-bond acceptors (Lipinski definition) is 3. The van der Waals surface area contributed by atoms with Crippen LogP contribution in [0.2, 0.25) is 0 Å². The molecule has 99 valence electrons. The van der Waals surface area contributed by atoms with E-state index in [1.807, 2.05) is 24.3 Å². The summed E-state index contributed by atoms with van der Waals surface area (Å²) >= 11 is 0. The molecule has 1 heterocycles. The summed E-state index contributed by atoms with van der Waals surface area (Å²) in [5.74, 6) is 0.928. The topological polar surface area (TPSA) is 15.7 Å². The number of rotatable bonds is 6. The molecule has 18 heavy (non-hydrogen) atoms. The smallest absolute Gasteiger partial charge is 0.119 e. The monoisotopic (exact) mass is 247 g/mol. The lowest BCUT2D eigenvalue weighted by molar-refractivity contribution is 0.150. The predicted molar refractivity (Wildman–Crippen MR) is 73.9 cm³/mol. The maximum atomic E-state index is 5.65. The summed E-state index contributed by atoms with van der Waals surface area (Å²) in [5.41, 5.74) is 0. The van der Waals surface area contributed by atoms with Gasteiger partial charge in [0, 0.05) is 26.2 Å². The summed E-state index contributed by atoms with van der Waals surface area (Å²) < 4.78 is 5.65. The molecule has 0 bridgehead atoms. The van der Waals surface area contributed by atoms with Gasteiger partial charge in [0.2, 0.25) is 0 Å². The maximum absolute atomic E-state index is 5.65.